The second kappa shape index (κ2) is 6.23. The van der Waals surface area contributed by atoms with Crippen LogP contribution in [0.3, 0.4) is 0 Å². The van der Waals surface area contributed by atoms with Crippen LogP contribution in [0.15, 0.2) is 5.16 Å². The Labute approximate surface area is 115 Å². The molecule has 19 heavy (non-hydrogen) atoms. The van der Waals surface area contributed by atoms with Crippen LogP contribution < -0.4 is 5.73 Å². The number of carbonyl (C=O) groups excluding carboxylic acids is 1. The number of nitrogens with zero attached hydrogens (tertiary/aromatic N) is 3. The second-order valence-corrected chi connectivity index (χ2v) is 5.62. The zero-order valence-electron chi connectivity index (χ0n) is 12.4. The van der Waals surface area contributed by atoms with Gasteiger partial charge in [-0.1, -0.05) is 11.6 Å². The minimum absolute atomic E-state index is 0.00843. The van der Waals surface area contributed by atoms with E-state index in [2.05, 4.69) is 10.1 Å². The van der Waals surface area contributed by atoms with Crippen LogP contribution in [0.1, 0.15) is 33.1 Å². The Hall–Kier alpha value is -1.30. The van der Waals surface area contributed by atoms with E-state index >= 15 is 0 Å². The van der Waals surface area contributed by atoms with Gasteiger partial charge < -0.3 is 20.7 Å². The zero-order chi connectivity index (χ0) is 14.6. The maximum Gasteiger partial charge on any atom is 0.236 e. The molecule has 1 fully saturated rings. The summed E-state index contributed by atoms with van der Waals surface area (Å²) in [4.78, 5) is 16.6. The molecule has 1 amide bonds. The number of amidine groups is 1. The van der Waals surface area contributed by atoms with E-state index in [1.54, 1.807) is 0 Å². The number of amides is 1. The maximum atomic E-state index is 12.7. The van der Waals surface area contributed by atoms with Crippen molar-refractivity contribution in [1.29, 1.82) is 0 Å². The number of carbonyl (C=O) groups is 1. The highest BCUT2D eigenvalue weighted by atomic mass is 16.4. The molecule has 0 radical (unpaired) electrons. The smallest absolute Gasteiger partial charge is 0.236 e. The fraction of sp³-hybridized carbons (Fsp3) is 0.846. The summed E-state index contributed by atoms with van der Waals surface area (Å²) in [6.45, 7) is 5.42. The van der Waals surface area contributed by atoms with Crippen molar-refractivity contribution in [2.45, 2.75) is 39.2 Å². The van der Waals surface area contributed by atoms with E-state index in [9.17, 15) is 4.79 Å². The van der Waals surface area contributed by atoms with Crippen molar-refractivity contribution in [3.05, 3.63) is 0 Å². The predicted molar refractivity (Wildman–Crippen MR) is 75.1 cm³/mol. The highest BCUT2D eigenvalue weighted by Gasteiger charge is 2.50. The molecule has 0 aromatic heterocycles. The topological polar surface area (TPSA) is 82.2 Å². The largest absolute Gasteiger partial charge is 0.409 e. The SMILES string of the molecule is CCN(C(=O)C1(C(N)=NO)CCC1)C(C)CN(C)C. The number of hydrogen-bond acceptors (Lipinski definition) is 4. The molecule has 1 rings (SSSR count). The van der Waals surface area contributed by atoms with Crippen LogP contribution in [0, 0.1) is 5.41 Å². The summed E-state index contributed by atoms with van der Waals surface area (Å²) < 4.78 is 0. The minimum Gasteiger partial charge on any atom is -0.409 e. The van der Waals surface area contributed by atoms with Gasteiger partial charge in [-0.15, -0.1) is 0 Å². The van der Waals surface area contributed by atoms with E-state index in [1.165, 1.54) is 0 Å². The molecule has 1 aliphatic rings. The van der Waals surface area contributed by atoms with Crippen molar-refractivity contribution in [2.75, 3.05) is 27.2 Å². The zero-order valence-corrected chi connectivity index (χ0v) is 12.4. The molecule has 3 N–H and O–H groups in total. The van der Waals surface area contributed by atoms with Gasteiger partial charge in [-0.05, 0) is 40.8 Å². The molecule has 0 aromatic carbocycles. The Kier molecular flexibility index (Phi) is 5.17. The first-order valence-corrected chi connectivity index (χ1v) is 6.82. The van der Waals surface area contributed by atoms with E-state index in [0.29, 0.717) is 19.4 Å². The van der Waals surface area contributed by atoms with E-state index in [0.717, 1.165) is 13.0 Å². The van der Waals surface area contributed by atoms with Crippen molar-refractivity contribution >= 4 is 11.7 Å². The van der Waals surface area contributed by atoms with Crippen LogP contribution in [0.2, 0.25) is 0 Å². The molecule has 1 saturated carbocycles. The summed E-state index contributed by atoms with van der Waals surface area (Å²) in [5.74, 6) is 0.0464. The summed E-state index contributed by atoms with van der Waals surface area (Å²) >= 11 is 0. The standard InChI is InChI=1S/C13H26N4O2/c1-5-17(10(2)9-16(3)4)12(18)13(7-6-8-13)11(14)15-19/h10,19H,5-9H2,1-4H3,(H2,14,15). The first kappa shape index (κ1) is 15.8. The van der Waals surface area contributed by atoms with Crippen LogP contribution in [0.4, 0.5) is 0 Å². The van der Waals surface area contributed by atoms with Gasteiger partial charge in [0.15, 0.2) is 5.84 Å². The second-order valence-electron chi connectivity index (χ2n) is 5.62. The first-order chi connectivity index (χ1) is 8.89. The number of hydrogen-bond donors (Lipinski definition) is 2. The van der Waals surface area contributed by atoms with Crippen LogP contribution in [-0.4, -0.2) is 60.0 Å². The van der Waals surface area contributed by atoms with E-state index in [4.69, 9.17) is 10.9 Å². The van der Waals surface area contributed by atoms with Crippen LogP contribution in [0.25, 0.3) is 0 Å². The molecule has 1 aliphatic carbocycles. The monoisotopic (exact) mass is 270 g/mol. The van der Waals surface area contributed by atoms with Crippen molar-refractivity contribution in [2.24, 2.45) is 16.3 Å². The third-order valence-corrected chi connectivity index (χ3v) is 3.98. The Morgan fingerprint density at radius 3 is 2.37 bits per heavy atom. The van der Waals surface area contributed by atoms with Crippen LogP contribution in [-0.2, 0) is 4.79 Å². The molecule has 0 aliphatic heterocycles. The third-order valence-electron chi connectivity index (χ3n) is 3.98. The molecule has 0 spiro atoms. The molecule has 0 heterocycles. The Morgan fingerprint density at radius 2 is 2.05 bits per heavy atom. The number of rotatable bonds is 6. The first-order valence-electron chi connectivity index (χ1n) is 6.82. The molecule has 110 valence electrons. The molecular weight excluding hydrogens is 244 g/mol. The lowest BCUT2D eigenvalue weighted by Gasteiger charge is -2.44. The number of likely N-dealkylation sites (N-methyl/N-ethyl adjacent to an activating group) is 2. The third kappa shape index (κ3) is 3.00. The summed E-state index contributed by atoms with van der Waals surface area (Å²) in [5.41, 5.74) is 4.98. The summed E-state index contributed by atoms with van der Waals surface area (Å²) in [7, 11) is 3.97. The van der Waals surface area contributed by atoms with Gasteiger partial charge in [0.2, 0.25) is 5.91 Å². The van der Waals surface area contributed by atoms with Gasteiger partial charge in [-0.3, -0.25) is 4.79 Å². The average molecular weight is 270 g/mol. The number of oxime groups is 1. The van der Waals surface area contributed by atoms with Crippen molar-refractivity contribution in [3.8, 4) is 0 Å². The molecular formula is C13H26N4O2. The Morgan fingerprint density at radius 1 is 1.47 bits per heavy atom. The molecule has 0 aromatic rings. The van der Waals surface area contributed by atoms with Gasteiger partial charge in [0.1, 0.15) is 5.41 Å². The Balaban J connectivity index is 2.89. The fourth-order valence-electron chi connectivity index (χ4n) is 2.76. The Bertz CT molecular complexity index is 351. The van der Waals surface area contributed by atoms with Crippen LogP contribution >= 0.6 is 0 Å². The van der Waals surface area contributed by atoms with E-state index in [1.807, 2.05) is 32.8 Å². The van der Waals surface area contributed by atoms with Crippen molar-refractivity contribution < 1.29 is 10.0 Å². The summed E-state index contributed by atoms with van der Waals surface area (Å²) in [6.07, 6.45) is 2.29. The highest BCUT2D eigenvalue weighted by Crippen LogP contribution is 2.43. The van der Waals surface area contributed by atoms with Gasteiger partial charge >= 0.3 is 0 Å². The van der Waals surface area contributed by atoms with Crippen LogP contribution in [0.5, 0.6) is 0 Å². The molecule has 0 bridgehead atoms. The van der Waals surface area contributed by atoms with Gasteiger partial charge in [0, 0.05) is 19.1 Å². The van der Waals surface area contributed by atoms with Gasteiger partial charge in [-0.25, -0.2) is 0 Å². The fourth-order valence-corrected chi connectivity index (χ4v) is 2.76. The predicted octanol–water partition coefficient (Wildman–Crippen LogP) is 0.702. The molecule has 6 nitrogen and oxygen atoms in total. The lowest BCUT2D eigenvalue weighted by molar-refractivity contribution is -0.144. The number of nitrogens with two attached hydrogens (primary N) is 1. The molecule has 0 saturated heterocycles. The summed E-state index contributed by atoms with van der Waals surface area (Å²) in [6, 6.07) is 0.108. The molecule has 1 unspecified atom stereocenters. The lowest BCUT2D eigenvalue weighted by Crippen LogP contribution is -2.58. The minimum atomic E-state index is -0.772. The highest BCUT2D eigenvalue weighted by molar-refractivity contribution is 6.07. The molecule has 6 heteroatoms. The van der Waals surface area contributed by atoms with Crippen molar-refractivity contribution in [1.82, 2.24) is 9.80 Å². The normalized spacial score (nSPS) is 19.9. The van der Waals surface area contributed by atoms with Gasteiger partial charge in [0.05, 0.1) is 0 Å². The quantitative estimate of drug-likeness (QED) is 0.322. The van der Waals surface area contributed by atoms with Crippen molar-refractivity contribution in [3.63, 3.8) is 0 Å². The van der Waals surface area contributed by atoms with Gasteiger partial charge in [-0.2, -0.15) is 0 Å². The van der Waals surface area contributed by atoms with Gasteiger partial charge in [0.25, 0.3) is 0 Å². The molecule has 1 atom stereocenters. The summed E-state index contributed by atoms with van der Waals surface area (Å²) in [5, 5.41) is 12.0. The average Bonchev–Trinajstić information content (AvgIpc) is 2.27. The van der Waals surface area contributed by atoms with E-state index in [-0.39, 0.29) is 17.8 Å². The lowest BCUT2D eigenvalue weighted by atomic mass is 9.66. The van der Waals surface area contributed by atoms with E-state index < -0.39 is 5.41 Å². The maximum absolute atomic E-state index is 12.7.